The van der Waals surface area contributed by atoms with Gasteiger partial charge in [-0.2, -0.15) is 4.90 Å². The predicted molar refractivity (Wildman–Crippen MR) is 163 cm³/mol. The largest absolute Gasteiger partial charge is 0.494 e. The lowest BCUT2D eigenvalue weighted by atomic mass is 9.75. The maximum absolute atomic E-state index is 15.9. The van der Waals surface area contributed by atoms with Crippen molar-refractivity contribution in [2.45, 2.75) is 121 Å². The second kappa shape index (κ2) is 10.5. The molecule has 2 atom stereocenters. The lowest BCUT2D eigenvalue weighted by molar-refractivity contribution is 0.00578. The van der Waals surface area contributed by atoms with Gasteiger partial charge in [0.15, 0.2) is 9.84 Å². The van der Waals surface area contributed by atoms with Crippen LogP contribution >= 0.6 is 0 Å². The lowest BCUT2D eigenvalue weighted by Gasteiger charge is -2.44. The van der Waals surface area contributed by atoms with Gasteiger partial charge in [0.2, 0.25) is 0 Å². The first-order valence-corrected chi connectivity index (χ1v) is 16.1. The molecule has 244 valence electrons. The molecule has 0 saturated carbocycles. The van der Waals surface area contributed by atoms with Crippen molar-refractivity contribution < 1.29 is 45.9 Å². The number of carbonyl (C=O) groups is 2. The number of halogens is 1. The van der Waals surface area contributed by atoms with Crippen LogP contribution in [0, 0.1) is 5.82 Å². The molecule has 3 aliphatic rings. The molecule has 1 aromatic carbocycles. The van der Waals surface area contributed by atoms with E-state index < -0.39 is 78.7 Å². The van der Waals surface area contributed by atoms with Crippen LogP contribution in [0.2, 0.25) is 0 Å². The number of ether oxygens (including phenoxy) is 3. The third kappa shape index (κ3) is 5.78. The Morgan fingerprint density at radius 3 is 1.93 bits per heavy atom. The highest BCUT2D eigenvalue weighted by Gasteiger charge is 2.65. The van der Waals surface area contributed by atoms with E-state index in [0.717, 1.165) is 0 Å². The zero-order valence-electron chi connectivity index (χ0n) is 27.7. The number of carbonyl (C=O) groups excluding carboxylic acids is 2. The Labute approximate surface area is 259 Å². The van der Waals surface area contributed by atoms with Crippen molar-refractivity contribution in [3.05, 3.63) is 29.6 Å². The highest BCUT2D eigenvalue weighted by atomic mass is 32.2. The Morgan fingerprint density at radius 1 is 0.955 bits per heavy atom. The van der Waals surface area contributed by atoms with Gasteiger partial charge in [-0.05, 0) is 94.6 Å². The van der Waals surface area contributed by atoms with Crippen molar-refractivity contribution in [2.24, 2.45) is 4.99 Å². The zero-order chi connectivity index (χ0) is 33.5. The van der Waals surface area contributed by atoms with E-state index in [9.17, 15) is 18.0 Å². The van der Waals surface area contributed by atoms with E-state index >= 15 is 4.39 Å². The monoisotopic (exact) mass is 638 g/mol. The van der Waals surface area contributed by atoms with Crippen molar-refractivity contribution in [2.75, 3.05) is 13.2 Å². The molecule has 11 nitrogen and oxygen atoms in total. The molecule has 0 unspecified atom stereocenters. The molecule has 0 spiro atoms. The van der Waals surface area contributed by atoms with Crippen molar-refractivity contribution in [1.29, 1.82) is 0 Å². The highest BCUT2D eigenvalue weighted by molar-refractivity contribution is 7.94. The molecule has 0 N–H and O–H groups in total. The summed E-state index contributed by atoms with van der Waals surface area (Å²) in [6.07, 6.45) is -2.37. The third-order valence-electron chi connectivity index (χ3n) is 8.40. The number of hydrogen-bond acceptors (Lipinski definition) is 10. The van der Waals surface area contributed by atoms with Gasteiger partial charge < -0.3 is 23.5 Å². The highest BCUT2D eigenvalue weighted by Crippen LogP contribution is 2.48. The number of nitrogens with zero attached hydrogens (tertiary/aromatic N) is 2. The van der Waals surface area contributed by atoms with Gasteiger partial charge in [0, 0.05) is 5.56 Å². The second-order valence-electron chi connectivity index (χ2n) is 15.0. The first-order chi connectivity index (χ1) is 19.8. The average Bonchev–Trinajstić information content (AvgIpc) is 3.34. The first kappa shape index (κ1) is 34.3. The minimum Gasteiger partial charge on any atom is -0.443 e. The van der Waals surface area contributed by atoms with Crippen LogP contribution < -0.4 is 5.46 Å². The minimum atomic E-state index is -4.32. The summed E-state index contributed by atoms with van der Waals surface area (Å²) < 4.78 is 71.9. The molecule has 3 heterocycles. The summed E-state index contributed by atoms with van der Waals surface area (Å²) in [6.45, 7) is 19.2. The van der Waals surface area contributed by atoms with Gasteiger partial charge in [-0.1, -0.05) is 12.1 Å². The van der Waals surface area contributed by atoms with Gasteiger partial charge in [0.05, 0.1) is 24.4 Å². The van der Waals surface area contributed by atoms with Crippen LogP contribution in [0.3, 0.4) is 0 Å². The Bertz CT molecular complexity index is 1450. The number of fused-ring (bicyclic) bond motifs is 1. The van der Waals surface area contributed by atoms with Crippen LogP contribution in [0.4, 0.5) is 14.0 Å². The van der Waals surface area contributed by atoms with Crippen LogP contribution in [0.15, 0.2) is 23.2 Å². The van der Waals surface area contributed by atoms with E-state index in [0.29, 0.717) is 10.4 Å². The fourth-order valence-corrected chi connectivity index (χ4v) is 7.44. The molecule has 44 heavy (non-hydrogen) atoms. The maximum atomic E-state index is 15.9. The first-order valence-electron chi connectivity index (χ1n) is 14.6. The quantitative estimate of drug-likeness (QED) is 0.430. The summed E-state index contributed by atoms with van der Waals surface area (Å²) in [4.78, 5) is 32.5. The number of imide groups is 1. The standard InChI is InChI=1S/C30H44BFN2O9S/c1-25(2,3)40-23(35)34(24(36)41-26(4,5)6)22-27(7,8)44(37,38)21-16-39-17-30(21,33-22)19-15-18(13-14-20(19)32)31-42-28(9,10)29(11,12)43-31/h13-15,21H,16-17H2,1-12H3/t21-,30-/m1/s1. The summed E-state index contributed by atoms with van der Waals surface area (Å²) in [5, 5.41) is -1.34. The molecule has 2 amide bonds. The Morgan fingerprint density at radius 2 is 1.45 bits per heavy atom. The number of sulfone groups is 1. The average molecular weight is 639 g/mol. The van der Waals surface area contributed by atoms with Gasteiger partial charge in [-0.25, -0.2) is 22.4 Å². The Hall–Kier alpha value is -2.55. The molecule has 1 aromatic rings. The van der Waals surface area contributed by atoms with Crippen LogP contribution in [0.1, 0.15) is 88.6 Å². The molecule has 2 fully saturated rings. The normalized spacial score (nSPS) is 26.9. The zero-order valence-corrected chi connectivity index (χ0v) is 28.5. The van der Waals surface area contributed by atoms with Crippen molar-refractivity contribution >= 4 is 40.4 Å². The van der Waals surface area contributed by atoms with Gasteiger partial charge >= 0.3 is 19.3 Å². The summed E-state index contributed by atoms with van der Waals surface area (Å²) in [7, 11) is -5.20. The van der Waals surface area contributed by atoms with Crippen LogP contribution in [0.5, 0.6) is 0 Å². The molecule has 14 heteroatoms. The molecule has 0 aliphatic carbocycles. The van der Waals surface area contributed by atoms with E-state index in [2.05, 4.69) is 0 Å². The number of hydrogen-bond donors (Lipinski definition) is 0. The van der Waals surface area contributed by atoms with Gasteiger partial charge in [0.1, 0.15) is 38.4 Å². The number of aliphatic imine (C=N–C) groups is 1. The van der Waals surface area contributed by atoms with Crippen molar-refractivity contribution in [3.63, 3.8) is 0 Å². The fourth-order valence-electron chi connectivity index (χ4n) is 5.30. The smallest absolute Gasteiger partial charge is 0.443 e. The molecule has 3 aliphatic heterocycles. The van der Waals surface area contributed by atoms with Gasteiger partial charge in [0.25, 0.3) is 0 Å². The number of rotatable bonds is 2. The minimum absolute atomic E-state index is 0.0999. The lowest BCUT2D eigenvalue weighted by Crippen LogP contribution is -2.64. The Balaban J connectivity index is 1.97. The maximum Gasteiger partial charge on any atom is 0.494 e. The molecule has 0 aromatic heterocycles. The summed E-state index contributed by atoms with van der Waals surface area (Å²) >= 11 is 0. The number of amidine groups is 1. The second-order valence-corrected chi connectivity index (χ2v) is 17.7. The number of amides is 2. The van der Waals surface area contributed by atoms with Crippen molar-refractivity contribution in [1.82, 2.24) is 4.90 Å². The molecular formula is C30H44BFN2O9S. The number of benzene rings is 1. The SMILES string of the molecule is CC(C)(C)OC(=O)N(C(=O)OC(C)(C)C)C1=N[C@@]2(c3cc(B4OC(C)(C)C(C)(C)O4)ccc3F)COC[C@H]2S(=O)(=O)C1(C)C. The van der Waals surface area contributed by atoms with Crippen LogP contribution in [-0.4, -0.2) is 84.1 Å². The predicted octanol–water partition coefficient (Wildman–Crippen LogP) is 4.50. The van der Waals surface area contributed by atoms with Crippen LogP contribution in [-0.2, 0) is 38.9 Å². The Kier molecular flexibility index (Phi) is 8.19. The molecule has 0 bridgehead atoms. The fraction of sp³-hybridized carbons (Fsp3) is 0.700. The summed E-state index contributed by atoms with van der Waals surface area (Å²) in [5.41, 5.74) is -5.02. The topological polar surface area (TPSA) is 130 Å². The van der Waals surface area contributed by atoms with Gasteiger partial charge in [-0.3, -0.25) is 4.99 Å². The van der Waals surface area contributed by atoms with E-state index in [1.165, 1.54) is 32.0 Å². The van der Waals surface area contributed by atoms with E-state index in [1.807, 2.05) is 27.7 Å². The molecule has 0 radical (unpaired) electrons. The molecule has 2 saturated heterocycles. The van der Waals surface area contributed by atoms with Crippen molar-refractivity contribution in [3.8, 4) is 0 Å². The van der Waals surface area contributed by atoms with E-state index in [4.69, 9.17) is 28.5 Å². The van der Waals surface area contributed by atoms with Gasteiger partial charge in [-0.15, -0.1) is 0 Å². The van der Waals surface area contributed by atoms with E-state index in [1.54, 1.807) is 41.5 Å². The summed E-state index contributed by atoms with van der Waals surface area (Å²) in [5.74, 6) is -1.22. The summed E-state index contributed by atoms with van der Waals surface area (Å²) in [6, 6.07) is 4.16. The van der Waals surface area contributed by atoms with Crippen LogP contribution in [0.25, 0.3) is 0 Å². The third-order valence-corrected chi connectivity index (χ3v) is 11.3. The molecule has 4 rings (SSSR count). The van der Waals surface area contributed by atoms with E-state index in [-0.39, 0.29) is 18.8 Å². The molecular weight excluding hydrogens is 594 g/mol.